The van der Waals surface area contributed by atoms with Crippen molar-refractivity contribution in [2.75, 3.05) is 7.11 Å². The molecule has 2 heterocycles. The first-order chi connectivity index (χ1) is 11.9. The number of cyclic esters (lactones) is 2. The highest BCUT2D eigenvalue weighted by molar-refractivity contribution is 7.13. The maximum Gasteiger partial charge on any atom is 0.329 e. The summed E-state index contributed by atoms with van der Waals surface area (Å²) < 4.78 is 15.2. The number of aromatic nitrogens is 1. The van der Waals surface area contributed by atoms with E-state index in [0.717, 1.165) is 17.0 Å². The largest absolute Gasteiger partial charge is 0.497 e. The summed E-state index contributed by atoms with van der Waals surface area (Å²) in [5.41, 5.74) is 1.66. The molecule has 7 nitrogen and oxygen atoms in total. The van der Waals surface area contributed by atoms with Crippen LogP contribution in [0, 0.1) is 5.92 Å². The van der Waals surface area contributed by atoms with Crippen molar-refractivity contribution in [3.63, 3.8) is 0 Å². The Kier molecular flexibility index (Phi) is 4.54. The first-order valence-electron chi connectivity index (χ1n) is 7.48. The summed E-state index contributed by atoms with van der Waals surface area (Å²) in [5, 5.41) is 2.27. The molecule has 2 aromatic rings. The molecule has 1 aliphatic heterocycles. The lowest BCUT2D eigenvalue weighted by Gasteiger charge is -2.31. The third kappa shape index (κ3) is 3.85. The summed E-state index contributed by atoms with van der Waals surface area (Å²) in [6, 6.07) is 7.46. The Hall–Kier alpha value is -2.74. The number of carbonyl (C=O) groups excluding carboxylic acids is 2. The molecule has 25 heavy (non-hydrogen) atoms. The number of carbonyl (C=O) groups is 2. The van der Waals surface area contributed by atoms with Crippen molar-refractivity contribution in [2.45, 2.75) is 19.6 Å². The quantitative estimate of drug-likeness (QED) is 0.473. The predicted octanol–water partition coefficient (Wildman–Crippen LogP) is 2.97. The second kappa shape index (κ2) is 6.64. The molecular weight excluding hydrogens is 344 g/mol. The van der Waals surface area contributed by atoms with E-state index in [1.165, 1.54) is 31.4 Å². The highest BCUT2D eigenvalue weighted by atomic mass is 32.1. The fourth-order valence-electron chi connectivity index (χ4n) is 2.21. The van der Waals surface area contributed by atoms with Crippen molar-refractivity contribution in [3.8, 4) is 17.0 Å². The van der Waals surface area contributed by atoms with Gasteiger partial charge in [0, 0.05) is 31.0 Å². The lowest BCUT2D eigenvalue weighted by Crippen LogP contribution is -2.46. The molecule has 0 spiro atoms. The second-order valence-electron chi connectivity index (χ2n) is 5.74. The number of ether oxygens (including phenoxy) is 3. The normalized spacial score (nSPS) is 17.4. The first kappa shape index (κ1) is 17.1. The van der Waals surface area contributed by atoms with Gasteiger partial charge < -0.3 is 14.2 Å². The smallest absolute Gasteiger partial charge is 0.329 e. The van der Waals surface area contributed by atoms with Crippen LogP contribution in [-0.4, -0.2) is 36.0 Å². The molecule has 1 aromatic carbocycles. The third-order valence-corrected chi connectivity index (χ3v) is 4.16. The van der Waals surface area contributed by atoms with Gasteiger partial charge >= 0.3 is 11.9 Å². The molecular formula is C17H16N2O5S. The van der Waals surface area contributed by atoms with Crippen LogP contribution in [0.15, 0.2) is 34.6 Å². The molecule has 1 saturated heterocycles. The maximum atomic E-state index is 11.9. The number of aliphatic imine (C=N–C) groups is 1. The average Bonchev–Trinajstić information content (AvgIpc) is 3.02. The van der Waals surface area contributed by atoms with E-state index in [0.29, 0.717) is 5.13 Å². The van der Waals surface area contributed by atoms with Gasteiger partial charge in [0.2, 0.25) is 5.13 Å². The van der Waals surface area contributed by atoms with Crippen LogP contribution >= 0.6 is 11.3 Å². The van der Waals surface area contributed by atoms with Crippen LogP contribution in [0.4, 0.5) is 5.13 Å². The molecule has 1 fully saturated rings. The maximum absolute atomic E-state index is 11.9. The molecule has 1 aromatic heterocycles. The zero-order valence-electron chi connectivity index (χ0n) is 13.9. The third-order valence-electron chi connectivity index (χ3n) is 3.41. The number of hydrogen-bond acceptors (Lipinski definition) is 8. The van der Waals surface area contributed by atoms with E-state index in [-0.39, 0.29) is 0 Å². The Balaban J connectivity index is 1.73. The van der Waals surface area contributed by atoms with Gasteiger partial charge in [-0.1, -0.05) is 0 Å². The summed E-state index contributed by atoms with van der Waals surface area (Å²) in [6.45, 7) is 3.00. The van der Waals surface area contributed by atoms with Crippen molar-refractivity contribution in [2.24, 2.45) is 10.9 Å². The van der Waals surface area contributed by atoms with E-state index in [1.807, 2.05) is 29.6 Å². The minimum Gasteiger partial charge on any atom is -0.497 e. The fourth-order valence-corrected chi connectivity index (χ4v) is 2.89. The van der Waals surface area contributed by atoms with Gasteiger partial charge in [0.25, 0.3) is 5.79 Å². The molecule has 0 aliphatic carbocycles. The SMILES string of the molecule is COc1ccc(-c2csc(N=CC3C(=O)OC(C)(C)OC3=O)n2)cc1. The van der Waals surface area contributed by atoms with Crippen molar-refractivity contribution in [3.05, 3.63) is 29.6 Å². The Labute approximate surface area is 148 Å². The van der Waals surface area contributed by atoms with Crippen molar-refractivity contribution in [1.29, 1.82) is 0 Å². The molecule has 0 bridgehead atoms. The molecule has 3 rings (SSSR count). The lowest BCUT2D eigenvalue weighted by atomic mass is 10.1. The molecule has 130 valence electrons. The highest BCUT2D eigenvalue weighted by Crippen LogP contribution is 2.28. The minimum atomic E-state index is -1.25. The second-order valence-corrected chi connectivity index (χ2v) is 6.58. The molecule has 1 aliphatic rings. The summed E-state index contributed by atoms with van der Waals surface area (Å²) in [7, 11) is 1.60. The van der Waals surface area contributed by atoms with Gasteiger partial charge in [-0.3, -0.25) is 9.59 Å². The molecule has 0 radical (unpaired) electrons. The Morgan fingerprint density at radius 3 is 2.44 bits per heavy atom. The van der Waals surface area contributed by atoms with E-state index in [9.17, 15) is 9.59 Å². The van der Waals surface area contributed by atoms with Gasteiger partial charge in [-0.2, -0.15) is 0 Å². The van der Waals surface area contributed by atoms with Crippen molar-refractivity contribution < 1.29 is 23.8 Å². The van der Waals surface area contributed by atoms with E-state index >= 15 is 0 Å². The van der Waals surface area contributed by atoms with Gasteiger partial charge in [0.1, 0.15) is 5.75 Å². The Morgan fingerprint density at radius 2 is 1.84 bits per heavy atom. The van der Waals surface area contributed by atoms with Gasteiger partial charge in [-0.05, 0) is 24.3 Å². The number of esters is 2. The lowest BCUT2D eigenvalue weighted by molar-refractivity contribution is -0.235. The number of methoxy groups -OCH3 is 1. The van der Waals surface area contributed by atoms with Crippen molar-refractivity contribution in [1.82, 2.24) is 4.98 Å². The van der Waals surface area contributed by atoms with Gasteiger partial charge in [0.15, 0.2) is 5.92 Å². The predicted molar refractivity (Wildman–Crippen MR) is 92.0 cm³/mol. The Bertz CT molecular complexity index is 806. The summed E-state index contributed by atoms with van der Waals surface area (Å²) in [6.07, 6.45) is 1.20. The molecule has 0 saturated carbocycles. The van der Waals surface area contributed by atoms with Gasteiger partial charge in [-0.25, -0.2) is 9.98 Å². The van der Waals surface area contributed by atoms with Gasteiger partial charge in [0.05, 0.1) is 12.8 Å². The summed E-state index contributed by atoms with van der Waals surface area (Å²) >= 11 is 1.30. The molecule has 0 N–H and O–H groups in total. The Morgan fingerprint density at radius 1 is 1.20 bits per heavy atom. The number of rotatable bonds is 4. The zero-order chi connectivity index (χ0) is 18.0. The minimum absolute atomic E-state index is 0.427. The molecule has 0 amide bonds. The van der Waals surface area contributed by atoms with Crippen LogP contribution in [0.2, 0.25) is 0 Å². The summed E-state index contributed by atoms with van der Waals surface area (Å²) in [4.78, 5) is 32.3. The van der Waals surface area contributed by atoms with Crippen LogP contribution in [0.1, 0.15) is 13.8 Å². The topological polar surface area (TPSA) is 87.1 Å². The van der Waals surface area contributed by atoms with Crippen LogP contribution < -0.4 is 4.74 Å². The van der Waals surface area contributed by atoms with E-state index in [2.05, 4.69) is 9.98 Å². The van der Waals surface area contributed by atoms with Crippen LogP contribution in [0.3, 0.4) is 0 Å². The fraction of sp³-hybridized carbons (Fsp3) is 0.294. The number of thiazole rings is 1. The van der Waals surface area contributed by atoms with E-state index in [1.54, 1.807) is 7.11 Å². The number of hydrogen-bond donors (Lipinski definition) is 0. The van der Waals surface area contributed by atoms with E-state index in [4.69, 9.17) is 14.2 Å². The highest BCUT2D eigenvalue weighted by Gasteiger charge is 2.42. The van der Waals surface area contributed by atoms with Gasteiger partial charge in [-0.15, -0.1) is 11.3 Å². The van der Waals surface area contributed by atoms with E-state index < -0.39 is 23.6 Å². The first-order valence-corrected chi connectivity index (χ1v) is 8.36. The standard InChI is InChI=1S/C17H16N2O5S/c1-17(2)23-14(20)12(15(21)24-17)8-18-16-19-13(9-25-16)10-4-6-11(22-3)7-5-10/h4-9,12H,1-3H3. The monoisotopic (exact) mass is 360 g/mol. The molecule has 0 atom stereocenters. The average molecular weight is 360 g/mol. The number of nitrogens with zero attached hydrogens (tertiary/aromatic N) is 2. The van der Waals surface area contributed by atoms with Crippen LogP contribution in [0.5, 0.6) is 5.75 Å². The zero-order valence-corrected chi connectivity index (χ0v) is 14.7. The molecule has 0 unspecified atom stereocenters. The summed E-state index contributed by atoms with van der Waals surface area (Å²) in [5.74, 6) is -3.04. The number of benzene rings is 1. The van der Waals surface area contributed by atoms with Crippen LogP contribution in [0.25, 0.3) is 11.3 Å². The molecule has 8 heteroatoms. The van der Waals surface area contributed by atoms with Crippen LogP contribution in [-0.2, 0) is 19.1 Å². The van der Waals surface area contributed by atoms with Crippen molar-refractivity contribution >= 4 is 34.6 Å².